The predicted octanol–water partition coefficient (Wildman–Crippen LogP) is 7.33. The molecule has 154 valence electrons. The standard InChI is InChI=1S/C27H35NO/c1-4-13-23(2)18-19-24(3)14-9-6-5-7-12-17-26-22-29-27(28-26)21-20-25-15-10-8-11-16-25/h4,6,8-12,14-17,20-21,23,26H,1,5,7,13,18-19,22H2,2-3H3/b9-6+,17-12-,21-20+,24-14+. The van der Waals surface area contributed by atoms with E-state index in [2.05, 4.69) is 67.9 Å². The number of unbranched alkanes of at least 4 members (excludes halogenated alkanes) is 1. The third-order valence-corrected chi connectivity index (χ3v) is 4.89. The van der Waals surface area contributed by atoms with E-state index in [-0.39, 0.29) is 6.04 Å². The Morgan fingerprint density at radius 2 is 2.00 bits per heavy atom. The number of aliphatic imine (C=N–C) groups is 1. The molecule has 0 aliphatic carbocycles. The summed E-state index contributed by atoms with van der Waals surface area (Å²) in [6.07, 6.45) is 22.6. The highest BCUT2D eigenvalue weighted by Gasteiger charge is 2.13. The van der Waals surface area contributed by atoms with Crippen LogP contribution in [0.2, 0.25) is 0 Å². The van der Waals surface area contributed by atoms with E-state index in [0.717, 1.165) is 30.7 Å². The molecule has 29 heavy (non-hydrogen) atoms. The lowest BCUT2D eigenvalue weighted by Gasteiger charge is -2.07. The zero-order valence-corrected chi connectivity index (χ0v) is 18.0. The number of rotatable bonds is 12. The lowest BCUT2D eigenvalue weighted by atomic mass is 9.99. The highest BCUT2D eigenvalue weighted by molar-refractivity contribution is 5.93. The van der Waals surface area contributed by atoms with E-state index >= 15 is 0 Å². The van der Waals surface area contributed by atoms with Crippen molar-refractivity contribution in [2.24, 2.45) is 10.9 Å². The summed E-state index contributed by atoms with van der Waals surface area (Å²) >= 11 is 0. The number of nitrogens with zero attached hydrogens (tertiary/aromatic N) is 1. The van der Waals surface area contributed by atoms with Gasteiger partial charge in [0.05, 0.1) is 0 Å². The molecular formula is C27H35NO. The van der Waals surface area contributed by atoms with Crippen LogP contribution in [0.3, 0.4) is 0 Å². The monoisotopic (exact) mass is 389 g/mol. The third-order valence-electron chi connectivity index (χ3n) is 4.89. The number of ether oxygens (including phenoxy) is 1. The lowest BCUT2D eigenvalue weighted by Crippen LogP contribution is -2.01. The molecule has 0 amide bonds. The second-order valence-electron chi connectivity index (χ2n) is 7.70. The van der Waals surface area contributed by atoms with Crippen molar-refractivity contribution in [3.05, 3.63) is 90.6 Å². The first kappa shape index (κ1) is 22.7. The summed E-state index contributed by atoms with van der Waals surface area (Å²) in [6.45, 7) is 8.95. The van der Waals surface area contributed by atoms with Crippen LogP contribution in [-0.2, 0) is 4.74 Å². The van der Waals surface area contributed by atoms with Crippen LogP contribution in [0.4, 0.5) is 0 Å². The van der Waals surface area contributed by atoms with Crippen molar-refractivity contribution in [1.82, 2.24) is 0 Å². The van der Waals surface area contributed by atoms with Gasteiger partial charge in [0.1, 0.15) is 12.6 Å². The Kier molecular flexibility index (Phi) is 10.6. The first-order valence-electron chi connectivity index (χ1n) is 10.7. The molecule has 2 heteroatoms. The SMILES string of the molecule is C=CCC(C)CC/C(C)=C/C=C/CC/C=C\C1COC(/C=C/c2ccccc2)=N1. The van der Waals surface area contributed by atoms with E-state index in [4.69, 9.17) is 4.74 Å². The Morgan fingerprint density at radius 3 is 2.79 bits per heavy atom. The molecule has 1 aliphatic heterocycles. The first-order valence-corrected chi connectivity index (χ1v) is 10.7. The lowest BCUT2D eigenvalue weighted by molar-refractivity contribution is 0.333. The fourth-order valence-electron chi connectivity index (χ4n) is 3.06. The van der Waals surface area contributed by atoms with E-state index in [0.29, 0.717) is 12.5 Å². The van der Waals surface area contributed by atoms with Crippen LogP contribution in [-0.4, -0.2) is 18.5 Å². The van der Waals surface area contributed by atoms with Crippen molar-refractivity contribution in [3.8, 4) is 0 Å². The topological polar surface area (TPSA) is 21.6 Å². The smallest absolute Gasteiger partial charge is 0.209 e. The minimum absolute atomic E-state index is 0.133. The molecule has 1 aliphatic rings. The minimum atomic E-state index is 0.133. The van der Waals surface area contributed by atoms with Crippen molar-refractivity contribution in [2.75, 3.05) is 6.61 Å². The van der Waals surface area contributed by atoms with Gasteiger partial charge >= 0.3 is 0 Å². The van der Waals surface area contributed by atoms with Gasteiger partial charge in [0.2, 0.25) is 5.90 Å². The summed E-state index contributed by atoms with van der Waals surface area (Å²) in [7, 11) is 0. The Bertz CT molecular complexity index is 752. The molecule has 2 rings (SSSR count). The first-order chi connectivity index (χ1) is 14.2. The average molecular weight is 390 g/mol. The van der Waals surface area contributed by atoms with Gasteiger partial charge in [0.15, 0.2) is 0 Å². The Labute approximate surface area is 177 Å². The molecular weight excluding hydrogens is 354 g/mol. The maximum absolute atomic E-state index is 5.65. The van der Waals surface area contributed by atoms with Crippen molar-refractivity contribution in [2.45, 2.75) is 52.0 Å². The summed E-state index contributed by atoms with van der Waals surface area (Å²) in [6, 6.07) is 10.3. The van der Waals surface area contributed by atoms with Gasteiger partial charge in [-0.2, -0.15) is 0 Å². The molecule has 0 saturated heterocycles. The molecule has 0 bridgehead atoms. The molecule has 1 aromatic carbocycles. The van der Waals surface area contributed by atoms with Crippen molar-refractivity contribution < 1.29 is 4.74 Å². The number of benzene rings is 1. The Hall–Kier alpha value is -2.61. The van der Waals surface area contributed by atoms with Crippen LogP contribution >= 0.6 is 0 Å². The molecule has 0 N–H and O–H groups in total. The molecule has 0 fully saturated rings. The zero-order valence-electron chi connectivity index (χ0n) is 18.0. The van der Waals surface area contributed by atoms with E-state index in [1.165, 1.54) is 18.4 Å². The molecule has 0 aromatic heterocycles. The minimum Gasteiger partial charge on any atom is -0.475 e. The normalized spacial score (nSPS) is 18.5. The van der Waals surface area contributed by atoms with E-state index in [1.54, 1.807) is 0 Å². The summed E-state index contributed by atoms with van der Waals surface area (Å²) in [5.74, 6) is 1.44. The van der Waals surface area contributed by atoms with Gasteiger partial charge in [-0.05, 0) is 56.6 Å². The summed E-state index contributed by atoms with van der Waals surface area (Å²) in [5, 5.41) is 0. The van der Waals surface area contributed by atoms with Crippen molar-refractivity contribution >= 4 is 12.0 Å². The van der Waals surface area contributed by atoms with Crippen LogP contribution in [0.5, 0.6) is 0 Å². The van der Waals surface area contributed by atoms with Gasteiger partial charge in [-0.1, -0.05) is 79.3 Å². The summed E-state index contributed by atoms with van der Waals surface area (Å²) in [5.41, 5.74) is 2.60. The van der Waals surface area contributed by atoms with Gasteiger partial charge in [0.25, 0.3) is 0 Å². The molecule has 2 nitrogen and oxygen atoms in total. The molecule has 1 aromatic rings. The van der Waals surface area contributed by atoms with Gasteiger partial charge in [-0.3, -0.25) is 0 Å². The van der Waals surface area contributed by atoms with Crippen LogP contribution in [0.1, 0.15) is 51.5 Å². The van der Waals surface area contributed by atoms with Crippen LogP contribution in [0.25, 0.3) is 6.08 Å². The summed E-state index contributed by atoms with van der Waals surface area (Å²) in [4.78, 5) is 4.60. The van der Waals surface area contributed by atoms with Gasteiger partial charge in [-0.15, -0.1) is 6.58 Å². The zero-order chi connectivity index (χ0) is 20.7. The second-order valence-corrected chi connectivity index (χ2v) is 7.70. The molecule has 2 atom stereocenters. The molecule has 2 unspecified atom stereocenters. The number of allylic oxidation sites excluding steroid dienone is 6. The number of hydrogen-bond acceptors (Lipinski definition) is 2. The third kappa shape index (κ3) is 9.94. The van der Waals surface area contributed by atoms with Crippen molar-refractivity contribution in [1.29, 1.82) is 0 Å². The predicted molar refractivity (Wildman–Crippen MR) is 127 cm³/mol. The maximum atomic E-state index is 5.65. The maximum Gasteiger partial charge on any atom is 0.209 e. The van der Waals surface area contributed by atoms with E-state index in [1.807, 2.05) is 36.4 Å². The Balaban J connectivity index is 1.64. The largest absolute Gasteiger partial charge is 0.475 e. The molecule has 0 saturated carbocycles. The molecule has 1 heterocycles. The highest BCUT2D eigenvalue weighted by Crippen LogP contribution is 2.15. The van der Waals surface area contributed by atoms with E-state index in [9.17, 15) is 0 Å². The Morgan fingerprint density at radius 1 is 1.21 bits per heavy atom. The fourth-order valence-corrected chi connectivity index (χ4v) is 3.06. The van der Waals surface area contributed by atoms with E-state index < -0.39 is 0 Å². The van der Waals surface area contributed by atoms with Crippen LogP contribution < -0.4 is 0 Å². The second kappa shape index (κ2) is 13.5. The molecule has 0 radical (unpaired) electrons. The van der Waals surface area contributed by atoms with Gasteiger partial charge < -0.3 is 4.74 Å². The average Bonchev–Trinajstić information content (AvgIpc) is 3.19. The van der Waals surface area contributed by atoms with Crippen LogP contribution in [0, 0.1) is 5.92 Å². The fraction of sp³-hybridized carbons (Fsp3) is 0.370. The van der Waals surface area contributed by atoms with Crippen molar-refractivity contribution in [3.63, 3.8) is 0 Å². The van der Waals surface area contributed by atoms with Crippen LogP contribution in [0.15, 0.2) is 90.0 Å². The number of hydrogen-bond donors (Lipinski definition) is 0. The summed E-state index contributed by atoms with van der Waals surface area (Å²) < 4.78 is 5.65. The molecule has 0 spiro atoms. The highest BCUT2D eigenvalue weighted by atomic mass is 16.5. The van der Waals surface area contributed by atoms with Gasteiger partial charge in [0, 0.05) is 6.08 Å². The van der Waals surface area contributed by atoms with Gasteiger partial charge in [-0.25, -0.2) is 4.99 Å². The quantitative estimate of drug-likeness (QED) is 0.208.